The summed E-state index contributed by atoms with van der Waals surface area (Å²) in [6.07, 6.45) is 5.17. The number of halogens is 2. The molecule has 188 valence electrons. The lowest BCUT2D eigenvalue weighted by atomic mass is 10.1. The normalized spacial score (nSPS) is 10.8. The largest absolute Gasteiger partial charge is 0.491 e. The summed E-state index contributed by atoms with van der Waals surface area (Å²) in [4.78, 5) is 14.5. The Balaban J connectivity index is 1.95. The Kier molecular flexibility index (Phi) is 13.0. The lowest BCUT2D eigenvalue weighted by Gasteiger charge is -2.24. The molecule has 2 aromatic rings. The first-order valence-electron chi connectivity index (χ1n) is 11.8. The van der Waals surface area contributed by atoms with Crippen molar-refractivity contribution in [3.8, 4) is 5.75 Å². The van der Waals surface area contributed by atoms with Crippen LogP contribution < -0.4 is 10.1 Å². The number of nitrogens with one attached hydrogen (secondary N) is 1. The highest BCUT2D eigenvalue weighted by Gasteiger charge is 2.18. The van der Waals surface area contributed by atoms with Gasteiger partial charge in [0.25, 0.3) is 0 Å². The van der Waals surface area contributed by atoms with Crippen molar-refractivity contribution in [3.05, 3.63) is 59.7 Å². The van der Waals surface area contributed by atoms with Crippen LogP contribution in [0.4, 0.5) is 19.3 Å². The van der Waals surface area contributed by atoms with Crippen molar-refractivity contribution >= 4 is 11.7 Å². The van der Waals surface area contributed by atoms with Crippen molar-refractivity contribution in [2.45, 2.75) is 45.6 Å². The average Bonchev–Trinajstić information content (AvgIpc) is 2.83. The standard InChI is InChI=1S/C26H36F2N2O4/c1-3-4-5-6-7-15-30(26(31)29-25-23(27)9-8-10-24(25)28)20-21-11-13-22(14-12-21)34-19-18-33-17-16-32-2/h8-14H,3-7,15-20H2,1-2H3,(H,29,31). The van der Waals surface area contributed by atoms with Crippen LogP contribution in [-0.4, -0.2) is 51.0 Å². The molecule has 0 saturated carbocycles. The number of hydrogen-bond donors (Lipinski definition) is 1. The van der Waals surface area contributed by atoms with Crippen LogP contribution >= 0.6 is 0 Å². The molecule has 0 aliphatic carbocycles. The Labute approximate surface area is 201 Å². The van der Waals surface area contributed by atoms with Crippen LogP contribution in [0, 0.1) is 11.6 Å². The summed E-state index contributed by atoms with van der Waals surface area (Å²) in [6.45, 7) is 4.89. The highest BCUT2D eigenvalue weighted by atomic mass is 19.1. The number of urea groups is 1. The van der Waals surface area contributed by atoms with Gasteiger partial charge in [0.15, 0.2) is 0 Å². The van der Waals surface area contributed by atoms with E-state index in [2.05, 4.69) is 12.2 Å². The minimum atomic E-state index is -0.802. The molecule has 0 radical (unpaired) electrons. The number of ether oxygens (including phenoxy) is 3. The third-order valence-corrected chi connectivity index (χ3v) is 5.24. The van der Waals surface area contributed by atoms with E-state index in [9.17, 15) is 13.6 Å². The van der Waals surface area contributed by atoms with E-state index in [1.165, 1.54) is 6.07 Å². The lowest BCUT2D eigenvalue weighted by Crippen LogP contribution is -2.35. The van der Waals surface area contributed by atoms with E-state index >= 15 is 0 Å². The fourth-order valence-corrected chi connectivity index (χ4v) is 3.34. The second-order valence-corrected chi connectivity index (χ2v) is 7.96. The number of amides is 2. The molecule has 0 heterocycles. The average molecular weight is 479 g/mol. The van der Waals surface area contributed by atoms with Crippen LogP contribution in [0.2, 0.25) is 0 Å². The van der Waals surface area contributed by atoms with Gasteiger partial charge < -0.3 is 24.4 Å². The molecule has 6 nitrogen and oxygen atoms in total. The summed E-state index contributed by atoms with van der Waals surface area (Å²) in [5.74, 6) is -0.906. The summed E-state index contributed by atoms with van der Waals surface area (Å²) in [5.41, 5.74) is 0.460. The number of methoxy groups -OCH3 is 1. The first kappa shape index (κ1) is 27.5. The van der Waals surface area contributed by atoms with Gasteiger partial charge in [0.2, 0.25) is 0 Å². The number of para-hydroxylation sites is 1. The zero-order chi connectivity index (χ0) is 24.6. The van der Waals surface area contributed by atoms with E-state index in [1.807, 2.05) is 24.3 Å². The Morgan fingerprint density at radius 3 is 2.26 bits per heavy atom. The fraction of sp³-hybridized carbons (Fsp3) is 0.500. The van der Waals surface area contributed by atoms with E-state index in [4.69, 9.17) is 14.2 Å². The number of carbonyl (C=O) groups is 1. The third-order valence-electron chi connectivity index (χ3n) is 5.24. The quantitative estimate of drug-likeness (QED) is 0.300. The summed E-state index contributed by atoms with van der Waals surface area (Å²) in [6, 6.07) is 10.4. The van der Waals surface area contributed by atoms with Crippen molar-refractivity contribution in [1.82, 2.24) is 4.90 Å². The second kappa shape index (κ2) is 16.0. The summed E-state index contributed by atoms with van der Waals surface area (Å²) >= 11 is 0. The molecule has 0 atom stereocenters. The van der Waals surface area contributed by atoms with Crippen LogP contribution in [0.1, 0.15) is 44.6 Å². The highest BCUT2D eigenvalue weighted by Crippen LogP contribution is 2.20. The molecule has 1 N–H and O–H groups in total. The number of hydrogen-bond acceptors (Lipinski definition) is 4. The summed E-state index contributed by atoms with van der Waals surface area (Å²) in [7, 11) is 1.62. The van der Waals surface area contributed by atoms with Gasteiger partial charge in [-0.3, -0.25) is 0 Å². The number of unbranched alkanes of at least 4 members (excludes halogenated alkanes) is 4. The van der Waals surface area contributed by atoms with Gasteiger partial charge >= 0.3 is 6.03 Å². The number of nitrogens with zero attached hydrogens (tertiary/aromatic N) is 1. The number of rotatable bonds is 16. The molecule has 0 aliphatic heterocycles. The fourth-order valence-electron chi connectivity index (χ4n) is 3.34. The van der Waals surface area contributed by atoms with E-state index in [-0.39, 0.29) is 0 Å². The SMILES string of the molecule is CCCCCCCN(Cc1ccc(OCCOCCOC)cc1)C(=O)Nc1c(F)cccc1F. The van der Waals surface area contributed by atoms with Gasteiger partial charge in [-0.1, -0.05) is 50.8 Å². The topological polar surface area (TPSA) is 60.0 Å². The van der Waals surface area contributed by atoms with Crippen LogP contribution in [0.3, 0.4) is 0 Å². The van der Waals surface area contributed by atoms with E-state index in [0.717, 1.165) is 49.8 Å². The van der Waals surface area contributed by atoms with Gasteiger partial charge in [0.05, 0.1) is 19.8 Å². The zero-order valence-electron chi connectivity index (χ0n) is 20.2. The summed E-state index contributed by atoms with van der Waals surface area (Å²) < 4.78 is 44.0. The zero-order valence-corrected chi connectivity index (χ0v) is 20.2. The number of carbonyl (C=O) groups excluding carboxylic acids is 1. The molecule has 0 aliphatic rings. The molecule has 34 heavy (non-hydrogen) atoms. The van der Waals surface area contributed by atoms with Gasteiger partial charge in [-0.15, -0.1) is 0 Å². The van der Waals surface area contributed by atoms with Crippen molar-refractivity contribution in [1.29, 1.82) is 0 Å². The van der Waals surface area contributed by atoms with Crippen molar-refractivity contribution in [2.24, 2.45) is 0 Å². The van der Waals surface area contributed by atoms with Gasteiger partial charge in [-0.2, -0.15) is 0 Å². The number of anilines is 1. The predicted octanol–water partition coefficient (Wildman–Crippen LogP) is 6.01. The first-order valence-corrected chi connectivity index (χ1v) is 11.8. The van der Waals surface area contributed by atoms with Crippen LogP contribution in [0.15, 0.2) is 42.5 Å². The molecule has 0 saturated heterocycles. The van der Waals surface area contributed by atoms with E-state index in [1.54, 1.807) is 12.0 Å². The summed E-state index contributed by atoms with van der Waals surface area (Å²) in [5, 5.41) is 2.40. The molecule has 2 amide bonds. The minimum Gasteiger partial charge on any atom is -0.491 e. The van der Waals surface area contributed by atoms with Crippen molar-refractivity contribution in [3.63, 3.8) is 0 Å². The van der Waals surface area contributed by atoms with E-state index < -0.39 is 23.4 Å². The molecule has 0 spiro atoms. The molecule has 8 heteroatoms. The number of benzene rings is 2. The maximum absolute atomic E-state index is 14.0. The van der Waals surface area contributed by atoms with Gasteiger partial charge in [-0.05, 0) is 36.2 Å². The van der Waals surface area contributed by atoms with Crippen LogP contribution in [-0.2, 0) is 16.0 Å². The van der Waals surface area contributed by atoms with Gasteiger partial charge in [-0.25, -0.2) is 13.6 Å². The van der Waals surface area contributed by atoms with Crippen molar-refractivity contribution in [2.75, 3.05) is 45.4 Å². The maximum atomic E-state index is 14.0. The van der Waals surface area contributed by atoms with Gasteiger partial charge in [0.1, 0.15) is 29.7 Å². The van der Waals surface area contributed by atoms with Crippen LogP contribution in [0.5, 0.6) is 5.75 Å². The Bertz CT molecular complexity index is 829. The minimum absolute atomic E-state index is 0.316. The van der Waals surface area contributed by atoms with Gasteiger partial charge in [0, 0.05) is 20.2 Å². The smallest absolute Gasteiger partial charge is 0.322 e. The predicted molar refractivity (Wildman–Crippen MR) is 129 cm³/mol. The molecular weight excluding hydrogens is 442 g/mol. The Morgan fingerprint density at radius 2 is 1.59 bits per heavy atom. The molecule has 0 aromatic heterocycles. The Hall–Kier alpha value is -2.71. The second-order valence-electron chi connectivity index (χ2n) is 7.96. The van der Waals surface area contributed by atoms with Crippen molar-refractivity contribution < 1.29 is 27.8 Å². The van der Waals surface area contributed by atoms with Crippen LogP contribution in [0.25, 0.3) is 0 Å². The molecule has 2 aromatic carbocycles. The molecule has 0 bridgehead atoms. The molecular formula is C26H36F2N2O4. The molecule has 0 unspecified atom stereocenters. The first-order chi connectivity index (χ1) is 16.5. The van der Waals surface area contributed by atoms with E-state index in [0.29, 0.717) is 45.3 Å². The molecule has 2 rings (SSSR count). The third kappa shape index (κ3) is 10.1. The molecule has 0 fully saturated rings. The Morgan fingerprint density at radius 1 is 0.912 bits per heavy atom. The lowest BCUT2D eigenvalue weighted by molar-refractivity contribution is 0.0544. The maximum Gasteiger partial charge on any atom is 0.322 e. The highest BCUT2D eigenvalue weighted by molar-refractivity contribution is 5.89. The monoisotopic (exact) mass is 478 g/mol.